The summed E-state index contributed by atoms with van der Waals surface area (Å²) < 4.78 is 0. The lowest BCUT2D eigenvalue weighted by molar-refractivity contribution is 0.100. The number of benzene rings is 2. The van der Waals surface area contributed by atoms with E-state index in [1.807, 2.05) is 24.3 Å². The molecular weight excluding hydrogens is 307 g/mol. The molecule has 21 heavy (non-hydrogen) atoms. The lowest BCUT2D eigenvalue weighted by atomic mass is 10.1. The van der Waals surface area contributed by atoms with Gasteiger partial charge in [0.05, 0.1) is 10.0 Å². The van der Waals surface area contributed by atoms with Crippen LogP contribution in [0.5, 0.6) is 0 Å². The van der Waals surface area contributed by atoms with Gasteiger partial charge in [-0.1, -0.05) is 41.4 Å². The highest BCUT2D eigenvalue weighted by molar-refractivity contribution is 6.42. The highest BCUT2D eigenvalue weighted by Crippen LogP contribution is 2.25. The van der Waals surface area contributed by atoms with Crippen molar-refractivity contribution in [1.29, 1.82) is 0 Å². The molecule has 1 unspecified atom stereocenters. The minimum atomic E-state index is -0.418. The summed E-state index contributed by atoms with van der Waals surface area (Å²) in [5, 5.41) is 4.49. The maximum atomic E-state index is 11.0. The Morgan fingerprint density at radius 3 is 2.38 bits per heavy atom. The summed E-state index contributed by atoms with van der Waals surface area (Å²) in [5.41, 5.74) is 7.86. The van der Waals surface area contributed by atoms with Gasteiger partial charge in [-0.05, 0) is 42.3 Å². The number of carbonyl (C=O) groups excluding carboxylic acids is 1. The SMILES string of the molecule is CC(NCc1ccc(C(N)=O)cc1)c1ccc(Cl)c(Cl)c1. The Labute approximate surface area is 134 Å². The van der Waals surface area contributed by atoms with E-state index >= 15 is 0 Å². The van der Waals surface area contributed by atoms with E-state index < -0.39 is 5.91 Å². The molecular formula is C16H16Cl2N2O. The molecule has 2 aromatic rings. The molecule has 0 aliphatic carbocycles. The van der Waals surface area contributed by atoms with Crippen LogP contribution in [0, 0.1) is 0 Å². The molecule has 0 aliphatic heterocycles. The van der Waals surface area contributed by atoms with Crippen LogP contribution in [0.4, 0.5) is 0 Å². The van der Waals surface area contributed by atoms with Crippen LogP contribution < -0.4 is 11.1 Å². The van der Waals surface area contributed by atoms with Gasteiger partial charge in [0.15, 0.2) is 0 Å². The highest BCUT2D eigenvalue weighted by atomic mass is 35.5. The lowest BCUT2D eigenvalue weighted by Crippen LogP contribution is -2.18. The van der Waals surface area contributed by atoms with Crippen molar-refractivity contribution in [3.63, 3.8) is 0 Å². The third-order valence-corrected chi connectivity index (χ3v) is 4.03. The number of halogens is 2. The second kappa shape index (κ2) is 6.94. The van der Waals surface area contributed by atoms with E-state index in [2.05, 4.69) is 12.2 Å². The van der Waals surface area contributed by atoms with Crippen molar-refractivity contribution in [2.45, 2.75) is 19.5 Å². The van der Waals surface area contributed by atoms with Crippen LogP contribution in [-0.4, -0.2) is 5.91 Å². The smallest absolute Gasteiger partial charge is 0.248 e. The molecule has 2 rings (SSSR count). The van der Waals surface area contributed by atoms with Crippen LogP contribution >= 0.6 is 23.2 Å². The quantitative estimate of drug-likeness (QED) is 0.875. The van der Waals surface area contributed by atoms with Crippen LogP contribution in [0.25, 0.3) is 0 Å². The van der Waals surface area contributed by atoms with Crippen LogP contribution in [0.3, 0.4) is 0 Å². The Bertz CT molecular complexity index is 641. The summed E-state index contributed by atoms with van der Waals surface area (Å²) >= 11 is 11.9. The Balaban J connectivity index is 1.98. The van der Waals surface area contributed by atoms with Crippen molar-refractivity contribution >= 4 is 29.1 Å². The number of hydrogen-bond donors (Lipinski definition) is 2. The fourth-order valence-corrected chi connectivity index (χ4v) is 2.26. The molecule has 0 saturated carbocycles. The highest BCUT2D eigenvalue weighted by Gasteiger charge is 2.07. The summed E-state index contributed by atoms with van der Waals surface area (Å²) in [6, 6.07) is 12.9. The number of nitrogens with one attached hydrogen (secondary N) is 1. The van der Waals surface area contributed by atoms with Gasteiger partial charge in [-0.3, -0.25) is 4.79 Å². The van der Waals surface area contributed by atoms with E-state index in [9.17, 15) is 4.79 Å². The Morgan fingerprint density at radius 2 is 1.81 bits per heavy atom. The summed E-state index contributed by atoms with van der Waals surface area (Å²) in [4.78, 5) is 11.0. The molecule has 0 bridgehead atoms. The molecule has 3 nitrogen and oxygen atoms in total. The molecule has 3 N–H and O–H groups in total. The number of carbonyl (C=O) groups is 1. The molecule has 0 saturated heterocycles. The lowest BCUT2D eigenvalue weighted by Gasteiger charge is -2.15. The minimum Gasteiger partial charge on any atom is -0.366 e. The van der Waals surface area contributed by atoms with Crippen molar-refractivity contribution < 1.29 is 4.79 Å². The zero-order chi connectivity index (χ0) is 15.4. The zero-order valence-corrected chi connectivity index (χ0v) is 13.1. The van der Waals surface area contributed by atoms with Crippen molar-refractivity contribution in [2.24, 2.45) is 5.73 Å². The van der Waals surface area contributed by atoms with E-state index in [4.69, 9.17) is 28.9 Å². The topological polar surface area (TPSA) is 55.1 Å². The van der Waals surface area contributed by atoms with Gasteiger partial charge in [-0.2, -0.15) is 0 Å². The molecule has 110 valence electrons. The molecule has 0 heterocycles. The second-order valence-corrected chi connectivity index (χ2v) is 5.65. The van der Waals surface area contributed by atoms with Crippen LogP contribution in [0.15, 0.2) is 42.5 Å². The van der Waals surface area contributed by atoms with Gasteiger partial charge in [0.2, 0.25) is 5.91 Å². The van der Waals surface area contributed by atoms with Crippen molar-refractivity contribution in [3.05, 3.63) is 69.2 Å². The molecule has 0 spiro atoms. The number of amides is 1. The summed E-state index contributed by atoms with van der Waals surface area (Å²) in [7, 11) is 0. The monoisotopic (exact) mass is 322 g/mol. The third-order valence-electron chi connectivity index (χ3n) is 3.29. The Hall–Kier alpha value is -1.55. The number of nitrogens with two attached hydrogens (primary N) is 1. The largest absolute Gasteiger partial charge is 0.366 e. The van der Waals surface area contributed by atoms with Crippen LogP contribution in [-0.2, 0) is 6.54 Å². The summed E-state index contributed by atoms with van der Waals surface area (Å²) in [5.74, 6) is -0.418. The van der Waals surface area contributed by atoms with E-state index in [1.54, 1.807) is 18.2 Å². The zero-order valence-electron chi connectivity index (χ0n) is 11.6. The van der Waals surface area contributed by atoms with Gasteiger partial charge < -0.3 is 11.1 Å². The molecule has 2 aromatic carbocycles. The van der Waals surface area contributed by atoms with Gasteiger partial charge in [0, 0.05) is 18.2 Å². The van der Waals surface area contributed by atoms with Crippen molar-refractivity contribution in [2.75, 3.05) is 0 Å². The standard InChI is InChI=1S/C16H16Cl2N2O/c1-10(13-6-7-14(17)15(18)8-13)20-9-11-2-4-12(5-3-11)16(19)21/h2-8,10,20H,9H2,1H3,(H2,19,21). The minimum absolute atomic E-state index is 0.135. The molecule has 0 aliphatic rings. The first-order chi connectivity index (χ1) is 9.97. The summed E-state index contributed by atoms with van der Waals surface area (Å²) in [6.45, 7) is 2.73. The fourth-order valence-electron chi connectivity index (χ4n) is 1.96. The first kappa shape index (κ1) is 15.8. The predicted molar refractivity (Wildman–Crippen MR) is 86.7 cm³/mol. The Kier molecular flexibility index (Phi) is 5.23. The fraction of sp³-hybridized carbons (Fsp3) is 0.188. The average molecular weight is 323 g/mol. The first-order valence-electron chi connectivity index (χ1n) is 6.54. The molecule has 1 atom stereocenters. The molecule has 0 fully saturated rings. The van der Waals surface area contributed by atoms with Gasteiger partial charge in [0.1, 0.15) is 0 Å². The number of hydrogen-bond acceptors (Lipinski definition) is 2. The average Bonchev–Trinajstić information content (AvgIpc) is 2.48. The van der Waals surface area contributed by atoms with Crippen LogP contribution in [0.2, 0.25) is 10.0 Å². The second-order valence-electron chi connectivity index (χ2n) is 4.84. The molecule has 1 amide bonds. The van der Waals surface area contributed by atoms with E-state index in [-0.39, 0.29) is 6.04 Å². The molecule has 0 aromatic heterocycles. The maximum absolute atomic E-state index is 11.0. The third kappa shape index (κ3) is 4.21. The van der Waals surface area contributed by atoms with E-state index in [0.717, 1.165) is 11.1 Å². The molecule has 0 radical (unpaired) electrons. The van der Waals surface area contributed by atoms with E-state index in [1.165, 1.54) is 0 Å². The van der Waals surface area contributed by atoms with E-state index in [0.29, 0.717) is 22.2 Å². The van der Waals surface area contributed by atoms with Gasteiger partial charge >= 0.3 is 0 Å². The first-order valence-corrected chi connectivity index (χ1v) is 7.30. The van der Waals surface area contributed by atoms with Gasteiger partial charge in [-0.25, -0.2) is 0 Å². The summed E-state index contributed by atoms with van der Waals surface area (Å²) in [6.07, 6.45) is 0. The molecule has 5 heteroatoms. The van der Waals surface area contributed by atoms with Crippen LogP contribution in [0.1, 0.15) is 34.5 Å². The van der Waals surface area contributed by atoms with Crippen molar-refractivity contribution in [3.8, 4) is 0 Å². The number of primary amides is 1. The Morgan fingerprint density at radius 1 is 1.14 bits per heavy atom. The maximum Gasteiger partial charge on any atom is 0.248 e. The normalized spacial score (nSPS) is 12.1. The number of rotatable bonds is 5. The van der Waals surface area contributed by atoms with Gasteiger partial charge in [-0.15, -0.1) is 0 Å². The van der Waals surface area contributed by atoms with Crippen molar-refractivity contribution in [1.82, 2.24) is 5.32 Å². The predicted octanol–water partition coefficient (Wildman–Crippen LogP) is 3.94. The van der Waals surface area contributed by atoms with Gasteiger partial charge in [0.25, 0.3) is 0 Å².